The zero-order chi connectivity index (χ0) is 19.6. The lowest BCUT2D eigenvalue weighted by atomic mass is 10.2. The van der Waals surface area contributed by atoms with Crippen LogP contribution in [0.25, 0.3) is 0 Å². The second-order valence-corrected chi connectivity index (χ2v) is 6.61. The summed E-state index contributed by atoms with van der Waals surface area (Å²) in [6, 6.07) is 12.4. The molecule has 2 aromatic rings. The maximum Gasteiger partial charge on any atom is 0.257 e. The Balaban J connectivity index is 1.89. The Morgan fingerprint density at radius 2 is 1.85 bits per heavy atom. The maximum atomic E-state index is 12.3. The van der Waals surface area contributed by atoms with Gasteiger partial charge in [0.15, 0.2) is 5.11 Å². The highest BCUT2D eigenvalue weighted by molar-refractivity contribution is 9.10. The minimum atomic E-state index is -0.309. The number of amides is 1. The van der Waals surface area contributed by atoms with Gasteiger partial charge in [-0.1, -0.05) is 0 Å². The van der Waals surface area contributed by atoms with Gasteiger partial charge < -0.3 is 19.5 Å². The first kappa shape index (κ1) is 21.1. The molecule has 0 fully saturated rings. The van der Waals surface area contributed by atoms with E-state index in [2.05, 4.69) is 26.6 Å². The lowest BCUT2D eigenvalue weighted by Crippen LogP contribution is -2.34. The van der Waals surface area contributed by atoms with Crippen LogP contribution in [0.5, 0.6) is 11.5 Å². The van der Waals surface area contributed by atoms with Crippen molar-refractivity contribution < 1.29 is 19.0 Å². The Kier molecular flexibility index (Phi) is 8.50. The number of hydrogen-bond donors (Lipinski definition) is 2. The Bertz CT molecular complexity index is 784. The molecule has 0 aliphatic carbocycles. The predicted octanol–water partition coefficient (Wildman–Crippen LogP) is 4.00. The number of methoxy groups -OCH3 is 1. The molecular weight excluding hydrogens is 432 g/mol. The number of carbonyl (C=O) groups is 1. The number of thiocarbonyl (C=S) groups is 1. The smallest absolute Gasteiger partial charge is 0.257 e. The van der Waals surface area contributed by atoms with Crippen LogP contribution in [0.15, 0.2) is 46.9 Å². The van der Waals surface area contributed by atoms with E-state index in [0.717, 1.165) is 11.4 Å². The molecule has 2 aromatic carbocycles. The Morgan fingerprint density at radius 1 is 1.11 bits per heavy atom. The van der Waals surface area contributed by atoms with Crippen molar-refractivity contribution >= 4 is 44.9 Å². The highest BCUT2D eigenvalue weighted by atomic mass is 79.9. The van der Waals surface area contributed by atoms with E-state index < -0.39 is 0 Å². The molecule has 0 heterocycles. The van der Waals surface area contributed by atoms with E-state index in [4.69, 9.17) is 26.4 Å². The number of carbonyl (C=O) groups excluding carboxylic acids is 1. The summed E-state index contributed by atoms with van der Waals surface area (Å²) in [6.45, 7) is 3.46. The van der Waals surface area contributed by atoms with Gasteiger partial charge in [0.25, 0.3) is 5.91 Å². The van der Waals surface area contributed by atoms with E-state index in [1.54, 1.807) is 25.3 Å². The summed E-state index contributed by atoms with van der Waals surface area (Å²) in [4.78, 5) is 12.3. The predicted molar refractivity (Wildman–Crippen MR) is 113 cm³/mol. The van der Waals surface area contributed by atoms with Crippen molar-refractivity contribution in [2.24, 2.45) is 0 Å². The van der Waals surface area contributed by atoms with Crippen molar-refractivity contribution in [3.63, 3.8) is 0 Å². The number of anilines is 1. The third-order valence-corrected chi connectivity index (χ3v) is 4.21. The van der Waals surface area contributed by atoms with E-state index in [1.165, 1.54) is 0 Å². The summed E-state index contributed by atoms with van der Waals surface area (Å²) in [7, 11) is 1.62. The molecule has 0 saturated carbocycles. The summed E-state index contributed by atoms with van der Waals surface area (Å²) in [6.07, 6.45) is 0. The molecule has 0 aromatic heterocycles. The Hall–Kier alpha value is -2.16. The lowest BCUT2D eigenvalue weighted by Gasteiger charge is -2.12. The van der Waals surface area contributed by atoms with Crippen LogP contribution in [0.2, 0.25) is 0 Å². The van der Waals surface area contributed by atoms with Crippen LogP contribution in [0.3, 0.4) is 0 Å². The zero-order valence-electron chi connectivity index (χ0n) is 15.1. The van der Waals surface area contributed by atoms with E-state index in [0.29, 0.717) is 35.6 Å². The van der Waals surface area contributed by atoms with Gasteiger partial charge in [-0.05, 0) is 77.5 Å². The second kappa shape index (κ2) is 10.9. The number of nitrogens with one attached hydrogen (secondary N) is 2. The van der Waals surface area contributed by atoms with Gasteiger partial charge in [-0.25, -0.2) is 0 Å². The van der Waals surface area contributed by atoms with Gasteiger partial charge in [0.2, 0.25) is 0 Å². The first-order chi connectivity index (χ1) is 13.0. The molecule has 144 valence electrons. The minimum absolute atomic E-state index is 0.207. The van der Waals surface area contributed by atoms with Crippen LogP contribution in [-0.2, 0) is 4.74 Å². The summed E-state index contributed by atoms with van der Waals surface area (Å²) in [5.41, 5.74) is 1.21. The Morgan fingerprint density at radius 3 is 2.48 bits per heavy atom. The van der Waals surface area contributed by atoms with Crippen molar-refractivity contribution in [1.29, 1.82) is 0 Å². The fourth-order valence-electron chi connectivity index (χ4n) is 2.13. The second-order valence-electron chi connectivity index (χ2n) is 5.35. The van der Waals surface area contributed by atoms with E-state index in [1.807, 2.05) is 31.2 Å². The lowest BCUT2D eigenvalue weighted by molar-refractivity contribution is 0.0977. The van der Waals surface area contributed by atoms with Gasteiger partial charge >= 0.3 is 0 Å². The number of ether oxygens (including phenoxy) is 3. The molecule has 6 nitrogen and oxygen atoms in total. The van der Waals surface area contributed by atoms with Crippen molar-refractivity contribution in [1.82, 2.24) is 5.32 Å². The molecule has 2 rings (SSSR count). The van der Waals surface area contributed by atoms with Gasteiger partial charge in [0.1, 0.15) is 18.1 Å². The average molecular weight is 453 g/mol. The van der Waals surface area contributed by atoms with Gasteiger partial charge in [-0.3, -0.25) is 10.1 Å². The third-order valence-electron chi connectivity index (χ3n) is 3.39. The molecule has 0 saturated heterocycles. The number of benzene rings is 2. The minimum Gasteiger partial charge on any atom is -0.493 e. The van der Waals surface area contributed by atoms with Crippen molar-refractivity contribution in [3.8, 4) is 11.5 Å². The van der Waals surface area contributed by atoms with Gasteiger partial charge in [0.05, 0.1) is 17.7 Å². The zero-order valence-corrected chi connectivity index (χ0v) is 17.5. The largest absolute Gasteiger partial charge is 0.493 e. The maximum absolute atomic E-state index is 12.3. The molecule has 0 unspecified atom stereocenters. The molecule has 0 spiro atoms. The fourth-order valence-corrected chi connectivity index (χ4v) is 2.83. The molecule has 0 atom stereocenters. The summed E-state index contributed by atoms with van der Waals surface area (Å²) in [5, 5.41) is 5.82. The molecule has 2 N–H and O–H groups in total. The quantitative estimate of drug-likeness (QED) is 0.465. The van der Waals surface area contributed by atoms with Crippen LogP contribution in [0, 0.1) is 0 Å². The van der Waals surface area contributed by atoms with Crippen LogP contribution in [0.1, 0.15) is 17.3 Å². The molecule has 0 bridgehead atoms. The summed E-state index contributed by atoms with van der Waals surface area (Å²) >= 11 is 8.60. The number of hydrogen-bond acceptors (Lipinski definition) is 5. The SMILES string of the molecule is CCOc1ccc(C(=O)NC(=S)Nc2ccc(OCCOC)cc2)cc1Br. The molecule has 0 aliphatic rings. The van der Waals surface area contributed by atoms with E-state index >= 15 is 0 Å². The number of rotatable bonds is 8. The topological polar surface area (TPSA) is 68.8 Å². The highest BCUT2D eigenvalue weighted by Gasteiger charge is 2.11. The number of halogens is 1. The highest BCUT2D eigenvalue weighted by Crippen LogP contribution is 2.26. The first-order valence-electron chi connectivity index (χ1n) is 8.30. The van der Waals surface area contributed by atoms with Gasteiger partial charge in [-0.15, -0.1) is 0 Å². The average Bonchev–Trinajstić information content (AvgIpc) is 2.65. The van der Waals surface area contributed by atoms with Crippen LogP contribution in [-0.4, -0.2) is 38.0 Å². The normalized spacial score (nSPS) is 10.2. The van der Waals surface area contributed by atoms with Crippen LogP contribution >= 0.6 is 28.1 Å². The molecular formula is C19H21BrN2O4S. The molecule has 8 heteroatoms. The molecule has 1 amide bonds. The third kappa shape index (κ3) is 6.82. The van der Waals surface area contributed by atoms with Gasteiger partial charge in [-0.2, -0.15) is 0 Å². The van der Waals surface area contributed by atoms with E-state index in [9.17, 15) is 4.79 Å². The summed E-state index contributed by atoms with van der Waals surface area (Å²) in [5.74, 6) is 1.10. The van der Waals surface area contributed by atoms with Crippen LogP contribution in [0.4, 0.5) is 5.69 Å². The Labute approximate surface area is 172 Å². The van der Waals surface area contributed by atoms with Crippen molar-refractivity contribution in [3.05, 3.63) is 52.5 Å². The monoisotopic (exact) mass is 452 g/mol. The van der Waals surface area contributed by atoms with E-state index in [-0.39, 0.29) is 11.0 Å². The molecule has 27 heavy (non-hydrogen) atoms. The van der Waals surface area contributed by atoms with Gasteiger partial charge in [0, 0.05) is 18.4 Å². The van der Waals surface area contributed by atoms with Crippen LogP contribution < -0.4 is 20.1 Å². The van der Waals surface area contributed by atoms with Crippen molar-refractivity contribution in [2.45, 2.75) is 6.92 Å². The first-order valence-corrected chi connectivity index (χ1v) is 9.50. The fraction of sp³-hybridized carbons (Fsp3) is 0.263. The molecule has 0 aliphatic heterocycles. The summed E-state index contributed by atoms with van der Waals surface area (Å²) < 4.78 is 16.6. The molecule has 0 radical (unpaired) electrons. The van der Waals surface area contributed by atoms with Crippen molar-refractivity contribution in [2.75, 3.05) is 32.2 Å². The standard InChI is InChI=1S/C19H21BrN2O4S/c1-3-25-17-9-4-13(12-16(17)20)18(23)22-19(27)21-14-5-7-15(8-6-14)26-11-10-24-2/h4-9,12H,3,10-11H2,1-2H3,(H2,21,22,23,27).